The van der Waals surface area contributed by atoms with E-state index < -0.39 is 0 Å². The lowest BCUT2D eigenvalue weighted by Crippen LogP contribution is -2.27. The predicted molar refractivity (Wildman–Crippen MR) is 78.9 cm³/mol. The van der Waals surface area contributed by atoms with Crippen molar-refractivity contribution in [3.05, 3.63) is 63.9 Å². The Bertz CT molecular complexity index is 598. The van der Waals surface area contributed by atoms with Gasteiger partial charge < -0.3 is 4.90 Å². The van der Waals surface area contributed by atoms with Crippen LogP contribution >= 0.6 is 15.9 Å². The van der Waals surface area contributed by atoms with Crippen LogP contribution in [0.25, 0.3) is 0 Å². The SMILES string of the molecule is Cc1cccc(C(=O)N(C)Cc2ccccc2Br)n1. The van der Waals surface area contributed by atoms with E-state index in [9.17, 15) is 4.79 Å². The Balaban J connectivity index is 2.14. The van der Waals surface area contributed by atoms with Gasteiger partial charge in [0.1, 0.15) is 5.69 Å². The Morgan fingerprint density at radius 3 is 2.63 bits per heavy atom. The molecule has 0 fully saturated rings. The van der Waals surface area contributed by atoms with Crippen molar-refractivity contribution >= 4 is 21.8 Å². The van der Waals surface area contributed by atoms with Gasteiger partial charge in [0, 0.05) is 23.8 Å². The summed E-state index contributed by atoms with van der Waals surface area (Å²) < 4.78 is 1.01. The third kappa shape index (κ3) is 3.41. The highest BCUT2D eigenvalue weighted by Crippen LogP contribution is 2.18. The van der Waals surface area contributed by atoms with Crippen LogP contribution in [0.15, 0.2) is 46.9 Å². The summed E-state index contributed by atoms with van der Waals surface area (Å²) in [6.07, 6.45) is 0. The number of nitrogens with zero attached hydrogens (tertiary/aromatic N) is 2. The molecule has 0 aliphatic rings. The summed E-state index contributed by atoms with van der Waals surface area (Å²) in [5, 5.41) is 0. The molecule has 1 amide bonds. The number of benzene rings is 1. The number of rotatable bonds is 3. The molecule has 0 radical (unpaired) electrons. The summed E-state index contributed by atoms with van der Waals surface area (Å²) in [7, 11) is 1.78. The van der Waals surface area contributed by atoms with Crippen molar-refractivity contribution in [1.29, 1.82) is 0 Å². The third-order valence-electron chi connectivity index (χ3n) is 2.82. The molecule has 1 heterocycles. The first kappa shape index (κ1) is 13.7. The summed E-state index contributed by atoms with van der Waals surface area (Å²) in [5.74, 6) is -0.0700. The van der Waals surface area contributed by atoms with Gasteiger partial charge in [-0.1, -0.05) is 40.2 Å². The molecule has 0 aliphatic heterocycles. The van der Waals surface area contributed by atoms with E-state index in [2.05, 4.69) is 20.9 Å². The van der Waals surface area contributed by atoms with Gasteiger partial charge in [0.15, 0.2) is 0 Å². The number of pyridine rings is 1. The van der Waals surface area contributed by atoms with Crippen LogP contribution in [-0.2, 0) is 6.54 Å². The summed E-state index contributed by atoms with van der Waals surface area (Å²) in [6, 6.07) is 13.4. The smallest absolute Gasteiger partial charge is 0.272 e. The first-order valence-corrected chi connectivity index (χ1v) is 6.80. The van der Waals surface area contributed by atoms with E-state index in [-0.39, 0.29) is 5.91 Å². The summed E-state index contributed by atoms with van der Waals surface area (Å²) in [5.41, 5.74) is 2.40. The van der Waals surface area contributed by atoms with Crippen LogP contribution in [0.3, 0.4) is 0 Å². The van der Waals surface area contributed by atoms with Crippen molar-refractivity contribution < 1.29 is 4.79 Å². The number of carbonyl (C=O) groups is 1. The molecule has 0 N–H and O–H groups in total. The van der Waals surface area contributed by atoms with Crippen LogP contribution in [0, 0.1) is 6.92 Å². The van der Waals surface area contributed by atoms with E-state index >= 15 is 0 Å². The van der Waals surface area contributed by atoms with Crippen molar-refractivity contribution in [1.82, 2.24) is 9.88 Å². The number of hydrogen-bond donors (Lipinski definition) is 0. The monoisotopic (exact) mass is 318 g/mol. The fraction of sp³-hybridized carbons (Fsp3) is 0.200. The van der Waals surface area contributed by atoms with Gasteiger partial charge in [-0.15, -0.1) is 0 Å². The highest BCUT2D eigenvalue weighted by atomic mass is 79.9. The molecule has 0 saturated heterocycles. The third-order valence-corrected chi connectivity index (χ3v) is 3.59. The normalized spacial score (nSPS) is 10.3. The Kier molecular flexibility index (Phi) is 4.32. The molecule has 1 aromatic carbocycles. The maximum Gasteiger partial charge on any atom is 0.272 e. The fourth-order valence-corrected chi connectivity index (χ4v) is 2.22. The Labute approximate surface area is 121 Å². The standard InChI is InChI=1S/C15H15BrN2O/c1-11-6-5-9-14(17-11)15(19)18(2)10-12-7-3-4-8-13(12)16/h3-9H,10H2,1-2H3. The molecule has 1 aromatic heterocycles. The highest BCUT2D eigenvalue weighted by molar-refractivity contribution is 9.10. The zero-order chi connectivity index (χ0) is 13.8. The Hall–Kier alpha value is -1.68. The number of aromatic nitrogens is 1. The van der Waals surface area contributed by atoms with E-state index in [1.165, 1.54) is 0 Å². The maximum absolute atomic E-state index is 12.3. The van der Waals surface area contributed by atoms with Gasteiger partial charge in [-0.3, -0.25) is 4.79 Å². The van der Waals surface area contributed by atoms with E-state index in [1.54, 1.807) is 18.0 Å². The Morgan fingerprint density at radius 2 is 1.95 bits per heavy atom. The molecule has 4 heteroatoms. The number of amides is 1. The zero-order valence-corrected chi connectivity index (χ0v) is 12.5. The van der Waals surface area contributed by atoms with Crippen molar-refractivity contribution in [2.45, 2.75) is 13.5 Å². The molecule has 0 unspecified atom stereocenters. The van der Waals surface area contributed by atoms with Crippen molar-refractivity contribution in [3.8, 4) is 0 Å². The van der Waals surface area contributed by atoms with Crippen LogP contribution in [0.5, 0.6) is 0 Å². The average Bonchev–Trinajstić information content (AvgIpc) is 2.40. The van der Waals surface area contributed by atoms with Crippen LogP contribution in [0.1, 0.15) is 21.7 Å². The lowest BCUT2D eigenvalue weighted by molar-refractivity contribution is 0.0779. The lowest BCUT2D eigenvalue weighted by atomic mass is 10.2. The Morgan fingerprint density at radius 1 is 1.21 bits per heavy atom. The molecule has 0 saturated carbocycles. The largest absolute Gasteiger partial charge is 0.336 e. The zero-order valence-electron chi connectivity index (χ0n) is 10.9. The quantitative estimate of drug-likeness (QED) is 0.868. The minimum atomic E-state index is -0.0700. The number of halogens is 1. The van der Waals surface area contributed by atoms with Crippen LogP contribution < -0.4 is 0 Å². The molecule has 3 nitrogen and oxygen atoms in total. The van der Waals surface area contributed by atoms with Gasteiger partial charge in [0.25, 0.3) is 5.91 Å². The second kappa shape index (κ2) is 5.97. The number of carbonyl (C=O) groups excluding carboxylic acids is 1. The van der Waals surface area contributed by atoms with Crippen LogP contribution in [-0.4, -0.2) is 22.8 Å². The molecule has 19 heavy (non-hydrogen) atoms. The van der Waals surface area contributed by atoms with Crippen LogP contribution in [0.2, 0.25) is 0 Å². The van der Waals surface area contributed by atoms with E-state index in [1.807, 2.05) is 43.3 Å². The molecule has 0 atom stereocenters. The first-order valence-electron chi connectivity index (χ1n) is 6.00. The highest BCUT2D eigenvalue weighted by Gasteiger charge is 2.14. The van der Waals surface area contributed by atoms with E-state index in [0.717, 1.165) is 15.7 Å². The minimum Gasteiger partial charge on any atom is -0.336 e. The molecule has 0 aliphatic carbocycles. The summed E-state index contributed by atoms with van der Waals surface area (Å²) in [4.78, 5) is 18.2. The van der Waals surface area contributed by atoms with E-state index in [4.69, 9.17) is 0 Å². The van der Waals surface area contributed by atoms with Gasteiger partial charge in [-0.2, -0.15) is 0 Å². The molecule has 0 bridgehead atoms. The van der Waals surface area contributed by atoms with Crippen LogP contribution in [0.4, 0.5) is 0 Å². The van der Waals surface area contributed by atoms with Gasteiger partial charge in [-0.25, -0.2) is 4.98 Å². The average molecular weight is 319 g/mol. The van der Waals surface area contributed by atoms with E-state index in [0.29, 0.717) is 12.2 Å². The second-order valence-corrected chi connectivity index (χ2v) is 5.27. The number of hydrogen-bond acceptors (Lipinski definition) is 2. The lowest BCUT2D eigenvalue weighted by Gasteiger charge is -2.17. The minimum absolute atomic E-state index is 0.0700. The van der Waals surface area contributed by atoms with Crippen molar-refractivity contribution in [2.24, 2.45) is 0 Å². The van der Waals surface area contributed by atoms with Gasteiger partial charge in [0.05, 0.1) is 0 Å². The topological polar surface area (TPSA) is 33.2 Å². The van der Waals surface area contributed by atoms with Crippen molar-refractivity contribution in [2.75, 3.05) is 7.05 Å². The van der Waals surface area contributed by atoms with Gasteiger partial charge >= 0.3 is 0 Å². The molecular weight excluding hydrogens is 304 g/mol. The maximum atomic E-state index is 12.3. The van der Waals surface area contributed by atoms with Gasteiger partial charge in [-0.05, 0) is 30.7 Å². The summed E-state index contributed by atoms with van der Waals surface area (Å²) >= 11 is 3.49. The van der Waals surface area contributed by atoms with Crippen molar-refractivity contribution in [3.63, 3.8) is 0 Å². The molecule has 98 valence electrons. The molecule has 0 spiro atoms. The second-order valence-electron chi connectivity index (χ2n) is 4.42. The summed E-state index contributed by atoms with van der Waals surface area (Å²) in [6.45, 7) is 2.43. The molecular formula is C15H15BrN2O. The predicted octanol–water partition coefficient (Wildman–Crippen LogP) is 3.42. The molecule has 2 rings (SSSR count). The number of aryl methyl sites for hydroxylation is 1. The molecule has 2 aromatic rings. The first-order chi connectivity index (χ1) is 9.08. The fourth-order valence-electron chi connectivity index (χ4n) is 1.81. The van der Waals surface area contributed by atoms with Gasteiger partial charge in [0.2, 0.25) is 0 Å².